The van der Waals surface area contributed by atoms with Gasteiger partial charge in [-0.2, -0.15) is 10.6 Å². The quantitative estimate of drug-likeness (QED) is 0.723. The number of amides is 1. The molecule has 23 heavy (non-hydrogen) atoms. The minimum atomic E-state index is -2.54. The van der Waals surface area contributed by atoms with Crippen LogP contribution in [0.4, 0.5) is 10.5 Å². The fourth-order valence-electron chi connectivity index (χ4n) is 2.85. The molecule has 3 N–H and O–H groups in total. The average Bonchev–Trinajstić information content (AvgIpc) is 2.84. The zero-order chi connectivity index (χ0) is 16.6. The van der Waals surface area contributed by atoms with Crippen LogP contribution in [0.5, 0.6) is 0 Å². The van der Waals surface area contributed by atoms with Crippen molar-refractivity contribution in [1.82, 2.24) is 5.32 Å². The number of carbonyl (C=O) groups is 1. The van der Waals surface area contributed by atoms with Crippen LogP contribution in [-0.4, -0.2) is 45.1 Å². The van der Waals surface area contributed by atoms with Crippen LogP contribution in [0.3, 0.4) is 0 Å². The molecule has 2 aliphatic heterocycles. The normalized spacial score (nSPS) is 23.9. The molecular formula is C15H20N2O4S2. The van der Waals surface area contributed by atoms with E-state index in [2.05, 4.69) is 5.32 Å². The number of hydrogen-bond acceptors (Lipinski definition) is 5. The molecule has 1 fully saturated rings. The molecule has 0 saturated carbocycles. The van der Waals surface area contributed by atoms with Crippen molar-refractivity contribution in [1.29, 1.82) is 0 Å². The van der Waals surface area contributed by atoms with Gasteiger partial charge in [0.1, 0.15) is 6.10 Å². The summed E-state index contributed by atoms with van der Waals surface area (Å²) in [4.78, 5) is 14.3. The van der Waals surface area contributed by atoms with Crippen LogP contribution in [-0.2, 0) is 16.9 Å². The van der Waals surface area contributed by atoms with Gasteiger partial charge < -0.3 is 10.1 Å². The number of cyclic esters (lactones) is 1. The number of ether oxygens (including phenoxy) is 1. The summed E-state index contributed by atoms with van der Waals surface area (Å²) in [6.45, 7) is 2.72. The van der Waals surface area contributed by atoms with Crippen molar-refractivity contribution in [2.45, 2.75) is 25.2 Å². The lowest BCUT2D eigenvalue weighted by Crippen LogP contribution is -2.32. The van der Waals surface area contributed by atoms with E-state index in [4.69, 9.17) is 17.0 Å². The Morgan fingerprint density at radius 2 is 2.26 bits per heavy atom. The Morgan fingerprint density at radius 3 is 3.00 bits per heavy atom. The van der Waals surface area contributed by atoms with Crippen LogP contribution in [0.25, 0.3) is 0 Å². The lowest BCUT2D eigenvalue weighted by molar-refractivity contribution is 0.143. The Balaban J connectivity index is 1.75. The predicted molar refractivity (Wildman–Crippen MR) is 95.5 cm³/mol. The summed E-state index contributed by atoms with van der Waals surface area (Å²) in [5.41, 5.74) is 2.74. The Labute approximate surface area is 142 Å². The molecule has 0 aliphatic carbocycles. The van der Waals surface area contributed by atoms with Gasteiger partial charge in [0.05, 0.1) is 23.8 Å². The van der Waals surface area contributed by atoms with Crippen LogP contribution in [0.15, 0.2) is 18.2 Å². The van der Waals surface area contributed by atoms with Gasteiger partial charge in [0.2, 0.25) is 0 Å². The topological polar surface area (TPSA) is 82.0 Å². The number of aryl methyl sites for hydroxylation is 1. The SMILES string of the molecule is CC(=S)NC[C@H]1CN(c2ccc3c(c2)CS(O)(O)CC3)C(=O)O1. The molecule has 0 radical (unpaired) electrons. The highest BCUT2D eigenvalue weighted by atomic mass is 32.3. The third-order valence-corrected chi connectivity index (χ3v) is 5.81. The first-order valence-electron chi connectivity index (χ1n) is 7.42. The third-order valence-electron chi connectivity index (χ3n) is 4.04. The second-order valence-corrected chi connectivity index (χ2v) is 8.82. The molecular weight excluding hydrogens is 336 g/mol. The summed E-state index contributed by atoms with van der Waals surface area (Å²) >= 11 is 4.96. The molecule has 0 bridgehead atoms. The van der Waals surface area contributed by atoms with Crippen molar-refractivity contribution < 1.29 is 18.6 Å². The van der Waals surface area contributed by atoms with E-state index in [1.807, 2.05) is 18.2 Å². The Hall–Kier alpha value is -1.35. The van der Waals surface area contributed by atoms with E-state index >= 15 is 0 Å². The monoisotopic (exact) mass is 356 g/mol. The minimum Gasteiger partial charge on any atom is -0.442 e. The molecule has 1 amide bonds. The number of fused-ring (bicyclic) bond motifs is 1. The van der Waals surface area contributed by atoms with Gasteiger partial charge in [-0.25, -0.2) is 4.79 Å². The number of rotatable bonds is 3. The molecule has 2 heterocycles. The largest absolute Gasteiger partial charge is 0.442 e. The highest BCUT2D eigenvalue weighted by Gasteiger charge is 2.33. The third kappa shape index (κ3) is 3.77. The van der Waals surface area contributed by atoms with E-state index in [0.717, 1.165) is 16.8 Å². The van der Waals surface area contributed by atoms with E-state index in [1.165, 1.54) is 0 Å². The lowest BCUT2D eigenvalue weighted by atomic mass is 10.0. The molecule has 1 aromatic carbocycles. The maximum atomic E-state index is 12.1. The van der Waals surface area contributed by atoms with Gasteiger partial charge >= 0.3 is 6.09 Å². The van der Waals surface area contributed by atoms with Gasteiger partial charge in [0.25, 0.3) is 0 Å². The number of nitrogens with zero attached hydrogens (tertiary/aromatic N) is 1. The predicted octanol–water partition coefficient (Wildman–Crippen LogP) is 2.76. The smallest absolute Gasteiger partial charge is 0.414 e. The number of benzene rings is 1. The van der Waals surface area contributed by atoms with Crippen molar-refractivity contribution in [2.24, 2.45) is 0 Å². The van der Waals surface area contributed by atoms with E-state index in [0.29, 0.717) is 30.3 Å². The van der Waals surface area contributed by atoms with Crippen LogP contribution in [0.1, 0.15) is 18.1 Å². The first-order valence-corrected chi connectivity index (χ1v) is 9.71. The van der Waals surface area contributed by atoms with Crippen molar-refractivity contribution >= 4 is 39.6 Å². The maximum absolute atomic E-state index is 12.1. The van der Waals surface area contributed by atoms with Gasteiger partial charge in [-0.05, 0) is 36.6 Å². The van der Waals surface area contributed by atoms with Gasteiger partial charge in [-0.1, -0.05) is 18.3 Å². The molecule has 8 heteroatoms. The second-order valence-electron chi connectivity index (χ2n) is 5.91. The Bertz CT molecular complexity index is 650. The van der Waals surface area contributed by atoms with Gasteiger partial charge in [-0.15, -0.1) is 0 Å². The van der Waals surface area contributed by atoms with E-state index in [9.17, 15) is 13.9 Å². The molecule has 3 rings (SSSR count). The first kappa shape index (κ1) is 16.5. The number of carbonyl (C=O) groups excluding carboxylic acids is 1. The molecule has 1 aromatic rings. The minimum absolute atomic E-state index is 0.253. The van der Waals surface area contributed by atoms with Crippen molar-refractivity contribution in [3.05, 3.63) is 29.3 Å². The van der Waals surface area contributed by atoms with E-state index in [1.54, 1.807) is 11.8 Å². The summed E-state index contributed by atoms with van der Waals surface area (Å²) in [7, 11) is -2.54. The van der Waals surface area contributed by atoms with Crippen molar-refractivity contribution in [2.75, 3.05) is 23.7 Å². The molecule has 0 unspecified atom stereocenters. The first-order chi connectivity index (χ1) is 10.8. The second kappa shape index (κ2) is 6.27. The van der Waals surface area contributed by atoms with Crippen LogP contribution < -0.4 is 10.2 Å². The molecule has 0 spiro atoms. The van der Waals surface area contributed by atoms with Gasteiger partial charge in [0, 0.05) is 11.4 Å². The molecule has 6 nitrogen and oxygen atoms in total. The van der Waals surface area contributed by atoms with E-state index < -0.39 is 10.6 Å². The average molecular weight is 356 g/mol. The fourth-order valence-corrected chi connectivity index (χ4v) is 4.39. The van der Waals surface area contributed by atoms with Crippen molar-refractivity contribution in [3.63, 3.8) is 0 Å². The van der Waals surface area contributed by atoms with Gasteiger partial charge in [0.15, 0.2) is 0 Å². The van der Waals surface area contributed by atoms with Crippen LogP contribution in [0, 0.1) is 0 Å². The molecule has 0 aromatic heterocycles. The zero-order valence-corrected chi connectivity index (χ0v) is 14.5. The highest BCUT2D eigenvalue weighted by Crippen LogP contribution is 2.47. The summed E-state index contributed by atoms with van der Waals surface area (Å²) < 4.78 is 25.1. The number of hydrogen-bond donors (Lipinski definition) is 3. The van der Waals surface area contributed by atoms with Crippen molar-refractivity contribution in [3.8, 4) is 0 Å². The molecule has 1 atom stereocenters. The summed E-state index contributed by atoms with van der Waals surface area (Å²) in [5, 5.41) is 3.01. The zero-order valence-electron chi connectivity index (χ0n) is 12.8. The van der Waals surface area contributed by atoms with Gasteiger partial charge in [-0.3, -0.25) is 14.0 Å². The summed E-state index contributed by atoms with van der Waals surface area (Å²) in [5.74, 6) is 0.671. The number of anilines is 1. The molecule has 1 saturated heterocycles. The fraction of sp³-hybridized carbons (Fsp3) is 0.467. The number of nitrogens with one attached hydrogen (secondary N) is 1. The standard InChI is InChI=1S/C15H20N2O4S2/c1-10(22)16-7-14-8-17(15(18)21-14)13-3-2-11-4-5-23(19,20)9-12(11)6-13/h2-3,6,14,19-20H,4-5,7-9H2,1H3,(H,16,22)/t14-/m0/s1. The molecule has 2 aliphatic rings. The summed E-state index contributed by atoms with van der Waals surface area (Å²) in [6, 6.07) is 5.71. The van der Waals surface area contributed by atoms with Crippen LogP contribution in [0.2, 0.25) is 0 Å². The van der Waals surface area contributed by atoms with Crippen LogP contribution >= 0.6 is 22.8 Å². The molecule has 126 valence electrons. The maximum Gasteiger partial charge on any atom is 0.414 e. The van der Waals surface area contributed by atoms with E-state index in [-0.39, 0.29) is 18.0 Å². The lowest BCUT2D eigenvalue weighted by Gasteiger charge is -2.37. The highest BCUT2D eigenvalue weighted by molar-refractivity contribution is 8.23. The number of thiocarbonyl (C=S) groups is 1. The Kier molecular flexibility index (Phi) is 4.50. The summed E-state index contributed by atoms with van der Waals surface area (Å²) in [6.07, 6.45) is 0.0149. The Morgan fingerprint density at radius 1 is 1.48 bits per heavy atom.